The quantitative estimate of drug-likeness (QED) is 0.799. The third kappa shape index (κ3) is 2.40. The third-order valence-corrected chi connectivity index (χ3v) is 6.76. The summed E-state index contributed by atoms with van der Waals surface area (Å²) in [5.41, 5.74) is -1.46. The first-order chi connectivity index (χ1) is 10.0. The molecule has 0 radical (unpaired) electrons. The van der Waals surface area contributed by atoms with Crippen LogP contribution in [0.15, 0.2) is 0 Å². The highest BCUT2D eigenvalue weighted by Crippen LogP contribution is 2.66. The fourth-order valence-corrected chi connectivity index (χ4v) is 5.75. The van der Waals surface area contributed by atoms with Crippen LogP contribution in [0.25, 0.3) is 0 Å². The van der Waals surface area contributed by atoms with Crippen molar-refractivity contribution >= 4 is 5.97 Å². The van der Waals surface area contributed by atoms with Gasteiger partial charge in [0.2, 0.25) is 0 Å². The molecule has 0 heterocycles. The number of carbonyl (C=O) groups is 1. The van der Waals surface area contributed by atoms with E-state index in [4.69, 9.17) is 4.74 Å². The first kappa shape index (κ1) is 16.3. The zero-order valence-electron chi connectivity index (χ0n) is 14.9. The zero-order chi connectivity index (χ0) is 16.4. The molecule has 0 aromatic rings. The summed E-state index contributed by atoms with van der Waals surface area (Å²) in [6.07, 6.45) is 7.05. The van der Waals surface area contributed by atoms with Crippen LogP contribution < -0.4 is 0 Å². The smallest absolute Gasteiger partial charge is 0.311 e. The monoisotopic (exact) mass is 308 g/mol. The standard InChI is InChI=1S/C19H32O3/c1-6-17(5,22-15(20)16(2,3)4)18-8-13-7-14(9-18)11-19(21,10-13)12-18/h13-14,21H,6-12H2,1-5H3. The molecule has 4 bridgehead atoms. The van der Waals surface area contributed by atoms with Crippen LogP contribution in [0.2, 0.25) is 0 Å². The second-order valence-electron chi connectivity index (χ2n) is 9.69. The summed E-state index contributed by atoms with van der Waals surface area (Å²) in [6.45, 7) is 9.99. The van der Waals surface area contributed by atoms with Crippen molar-refractivity contribution in [1.82, 2.24) is 0 Å². The molecule has 4 saturated carbocycles. The van der Waals surface area contributed by atoms with Crippen LogP contribution in [0.4, 0.5) is 0 Å². The molecule has 3 unspecified atom stereocenters. The molecule has 4 aliphatic carbocycles. The Morgan fingerprint density at radius 3 is 2.09 bits per heavy atom. The molecule has 3 nitrogen and oxygen atoms in total. The van der Waals surface area contributed by atoms with Gasteiger partial charge in [-0.3, -0.25) is 4.79 Å². The van der Waals surface area contributed by atoms with Gasteiger partial charge in [0, 0.05) is 5.41 Å². The van der Waals surface area contributed by atoms with Crippen LogP contribution in [-0.4, -0.2) is 22.3 Å². The van der Waals surface area contributed by atoms with Crippen molar-refractivity contribution in [2.75, 3.05) is 0 Å². The normalized spacial score (nSPS) is 43.0. The lowest BCUT2D eigenvalue weighted by Gasteiger charge is -2.64. The van der Waals surface area contributed by atoms with Gasteiger partial charge in [0.15, 0.2) is 0 Å². The van der Waals surface area contributed by atoms with E-state index in [9.17, 15) is 9.90 Å². The molecule has 0 aliphatic heterocycles. The molecule has 1 N–H and O–H groups in total. The lowest BCUT2D eigenvalue weighted by Crippen LogP contribution is -2.64. The van der Waals surface area contributed by atoms with Crippen molar-refractivity contribution in [3.63, 3.8) is 0 Å². The number of hydrogen-bond acceptors (Lipinski definition) is 3. The molecule has 0 aromatic carbocycles. The summed E-state index contributed by atoms with van der Waals surface area (Å²) in [7, 11) is 0. The molecule has 126 valence electrons. The molecule has 4 rings (SSSR count). The van der Waals surface area contributed by atoms with Gasteiger partial charge in [-0.15, -0.1) is 0 Å². The van der Waals surface area contributed by atoms with E-state index in [1.165, 1.54) is 6.42 Å². The predicted molar refractivity (Wildman–Crippen MR) is 86.3 cm³/mol. The molecule has 0 amide bonds. The fraction of sp³-hybridized carbons (Fsp3) is 0.947. The first-order valence-electron chi connectivity index (χ1n) is 8.97. The number of aliphatic hydroxyl groups is 1. The van der Waals surface area contributed by atoms with Gasteiger partial charge in [0.1, 0.15) is 5.60 Å². The van der Waals surface area contributed by atoms with Crippen molar-refractivity contribution in [2.45, 2.75) is 90.8 Å². The average molecular weight is 308 g/mol. The lowest BCUT2D eigenvalue weighted by atomic mass is 9.44. The fourth-order valence-electron chi connectivity index (χ4n) is 5.75. The van der Waals surface area contributed by atoms with Gasteiger partial charge in [0.05, 0.1) is 11.0 Å². The van der Waals surface area contributed by atoms with Gasteiger partial charge >= 0.3 is 5.97 Å². The van der Waals surface area contributed by atoms with E-state index in [0.29, 0.717) is 11.8 Å². The minimum absolute atomic E-state index is 0.0263. The van der Waals surface area contributed by atoms with Crippen molar-refractivity contribution in [3.05, 3.63) is 0 Å². The zero-order valence-corrected chi connectivity index (χ0v) is 14.9. The Morgan fingerprint density at radius 1 is 1.14 bits per heavy atom. The maximum Gasteiger partial charge on any atom is 0.311 e. The third-order valence-electron chi connectivity index (χ3n) is 6.76. The second-order valence-corrected chi connectivity index (χ2v) is 9.69. The number of ether oxygens (including phenoxy) is 1. The van der Waals surface area contributed by atoms with Gasteiger partial charge in [-0.25, -0.2) is 0 Å². The highest BCUT2D eigenvalue weighted by atomic mass is 16.6. The van der Waals surface area contributed by atoms with Crippen molar-refractivity contribution < 1.29 is 14.6 Å². The Morgan fingerprint density at radius 2 is 1.68 bits per heavy atom. The Labute approximate surface area is 134 Å². The van der Waals surface area contributed by atoms with Gasteiger partial charge < -0.3 is 9.84 Å². The highest BCUT2D eigenvalue weighted by Gasteiger charge is 2.64. The van der Waals surface area contributed by atoms with Crippen LogP contribution in [-0.2, 0) is 9.53 Å². The second kappa shape index (κ2) is 4.72. The average Bonchev–Trinajstić information content (AvgIpc) is 2.34. The summed E-state index contributed by atoms with van der Waals surface area (Å²) in [6, 6.07) is 0. The molecule has 0 spiro atoms. The first-order valence-corrected chi connectivity index (χ1v) is 8.97. The van der Waals surface area contributed by atoms with Crippen LogP contribution in [0.3, 0.4) is 0 Å². The van der Waals surface area contributed by atoms with E-state index < -0.39 is 16.6 Å². The molecule has 4 fully saturated rings. The highest BCUT2D eigenvalue weighted by molar-refractivity contribution is 5.75. The molecule has 4 aliphatic rings. The van der Waals surface area contributed by atoms with E-state index in [1.807, 2.05) is 20.8 Å². The summed E-state index contributed by atoms with van der Waals surface area (Å²) < 4.78 is 6.13. The minimum Gasteiger partial charge on any atom is -0.458 e. The van der Waals surface area contributed by atoms with Gasteiger partial charge in [-0.05, 0) is 84.5 Å². The van der Waals surface area contributed by atoms with Crippen LogP contribution in [0, 0.1) is 22.7 Å². The van der Waals surface area contributed by atoms with Crippen LogP contribution >= 0.6 is 0 Å². The SMILES string of the molecule is CCC(C)(OC(=O)C(C)(C)C)C12CC3CC(CC(O)(C3)C1)C2. The number of hydrogen-bond donors (Lipinski definition) is 1. The number of esters is 1. The molecule has 3 heteroatoms. The molecule has 0 saturated heterocycles. The van der Waals surface area contributed by atoms with Gasteiger partial charge in [0.25, 0.3) is 0 Å². The molecular formula is C19H32O3. The van der Waals surface area contributed by atoms with Crippen molar-refractivity contribution in [2.24, 2.45) is 22.7 Å². The molecule has 0 aromatic heterocycles. The van der Waals surface area contributed by atoms with E-state index in [-0.39, 0.29) is 11.4 Å². The van der Waals surface area contributed by atoms with Crippen LogP contribution in [0.5, 0.6) is 0 Å². The maximum absolute atomic E-state index is 12.5. The Hall–Kier alpha value is -0.570. The van der Waals surface area contributed by atoms with Crippen molar-refractivity contribution in [3.8, 4) is 0 Å². The summed E-state index contributed by atoms with van der Waals surface area (Å²) in [4.78, 5) is 12.5. The summed E-state index contributed by atoms with van der Waals surface area (Å²) in [5.74, 6) is 1.12. The topological polar surface area (TPSA) is 46.5 Å². The summed E-state index contributed by atoms with van der Waals surface area (Å²) in [5, 5.41) is 11.0. The van der Waals surface area contributed by atoms with Crippen molar-refractivity contribution in [1.29, 1.82) is 0 Å². The van der Waals surface area contributed by atoms with E-state index in [1.54, 1.807) is 0 Å². The Bertz CT molecular complexity index is 462. The Kier molecular flexibility index (Phi) is 3.49. The lowest BCUT2D eigenvalue weighted by molar-refractivity contribution is -0.241. The maximum atomic E-state index is 12.5. The van der Waals surface area contributed by atoms with Gasteiger partial charge in [-0.1, -0.05) is 6.92 Å². The van der Waals surface area contributed by atoms with E-state index >= 15 is 0 Å². The number of rotatable bonds is 3. The van der Waals surface area contributed by atoms with Crippen LogP contribution in [0.1, 0.15) is 79.6 Å². The van der Waals surface area contributed by atoms with E-state index in [0.717, 1.165) is 38.5 Å². The molecule has 3 atom stereocenters. The largest absolute Gasteiger partial charge is 0.458 e. The van der Waals surface area contributed by atoms with Gasteiger partial charge in [-0.2, -0.15) is 0 Å². The molecule has 22 heavy (non-hydrogen) atoms. The number of carbonyl (C=O) groups excluding carboxylic acids is 1. The summed E-state index contributed by atoms with van der Waals surface area (Å²) >= 11 is 0. The predicted octanol–water partition coefficient (Wildman–Crippen LogP) is 4.08. The Balaban J connectivity index is 1.91. The molecular weight excluding hydrogens is 276 g/mol. The minimum atomic E-state index is -0.505. The van der Waals surface area contributed by atoms with E-state index in [2.05, 4.69) is 13.8 Å².